The first kappa shape index (κ1) is 12.1. The van der Waals surface area contributed by atoms with Gasteiger partial charge < -0.3 is 0 Å². The Morgan fingerprint density at radius 3 is 2.75 bits per heavy atom. The normalized spacial score (nSPS) is 20.2. The van der Waals surface area contributed by atoms with E-state index in [9.17, 15) is 4.39 Å². The summed E-state index contributed by atoms with van der Waals surface area (Å²) in [5.74, 6) is -0.112. The minimum atomic E-state index is -0.112. The number of rotatable bonds is 2. The van der Waals surface area contributed by atoms with E-state index >= 15 is 0 Å². The van der Waals surface area contributed by atoms with Gasteiger partial charge in [0.2, 0.25) is 0 Å². The van der Waals surface area contributed by atoms with Crippen LogP contribution in [0.1, 0.15) is 25.8 Å². The van der Waals surface area contributed by atoms with Gasteiger partial charge in [-0.3, -0.25) is 4.90 Å². The van der Waals surface area contributed by atoms with E-state index in [1.807, 2.05) is 12.1 Å². The fourth-order valence-electron chi connectivity index (χ4n) is 2.25. The van der Waals surface area contributed by atoms with Crippen molar-refractivity contribution in [1.29, 1.82) is 0 Å². The van der Waals surface area contributed by atoms with Crippen LogP contribution in [0.2, 0.25) is 0 Å². The molecule has 16 heavy (non-hydrogen) atoms. The molecule has 1 aliphatic rings. The van der Waals surface area contributed by atoms with Crippen LogP contribution in [0.4, 0.5) is 4.39 Å². The second-order valence-corrected chi connectivity index (χ2v) is 6.28. The van der Waals surface area contributed by atoms with Crippen molar-refractivity contribution in [2.45, 2.75) is 26.8 Å². The lowest BCUT2D eigenvalue weighted by molar-refractivity contribution is 0.281. The molecule has 0 bridgehead atoms. The molecule has 1 aromatic rings. The summed E-state index contributed by atoms with van der Waals surface area (Å²) < 4.78 is 14.4. The summed E-state index contributed by atoms with van der Waals surface area (Å²) in [6.45, 7) is 7.39. The Morgan fingerprint density at radius 1 is 1.44 bits per heavy atom. The maximum Gasteiger partial charge on any atom is 0.128 e. The molecule has 1 saturated heterocycles. The molecule has 0 saturated carbocycles. The predicted molar refractivity (Wildman–Crippen MR) is 67.8 cm³/mol. The average molecular weight is 286 g/mol. The maximum atomic E-state index is 13.6. The zero-order valence-corrected chi connectivity index (χ0v) is 11.3. The Labute approximate surface area is 105 Å². The van der Waals surface area contributed by atoms with Crippen LogP contribution in [0.3, 0.4) is 0 Å². The second-order valence-electron chi connectivity index (χ2n) is 5.36. The Bertz CT molecular complexity index is 390. The molecule has 0 atom stereocenters. The molecular weight excluding hydrogens is 269 g/mol. The van der Waals surface area contributed by atoms with E-state index in [0.717, 1.165) is 29.7 Å². The SMILES string of the molecule is CC1(C)CCN(Cc2ccc(Br)cc2F)C1. The van der Waals surface area contributed by atoms with Crippen molar-refractivity contribution in [1.82, 2.24) is 4.90 Å². The third-order valence-corrected chi connectivity index (χ3v) is 3.66. The summed E-state index contributed by atoms with van der Waals surface area (Å²) >= 11 is 3.27. The van der Waals surface area contributed by atoms with Gasteiger partial charge in [0.1, 0.15) is 5.82 Å². The first-order valence-corrected chi connectivity index (χ1v) is 6.42. The summed E-state index contributed by atoms with van der Waals surface area (Å²) in [5.41, 5.74) is 1.17. The standard InChI is InChI=1S/C13H17BrFN/c1-13(2)5-6-16(9-13)8-10-3-4-11(14)7-12(10)15/h3-4,7H,5-6,8-9H2,1-2H3. The van der Waals surface area contributed by atoms with Crippen molar-refractivity contribution in [2.75, 3.05) is 13.1 Å². The minimum absolute atomic E-state index is 0.112. The first-order valence-electron chi connectivity index (χ1n) is 5.63. The molecule has 1 aliphatic heterocycles. The quantitative estimate of drug-likeness (QED) is 0.799. The van der Waals surface area contributed by atoms with Crippen LogP contribution in [-0.4, -0.2) is 18.0 Å². The van der Waals surface area contributed by atoms with Crippen LogP contribution in [0.15, 0.2) is 22.7 Å². The molecule has 1 nitrogen and oxygen atoms in total. The van der Waals surface area contributed by atoms with Crippen LogP contribution in [0, 0.1) is 11.2 Å². The third kappa shape index (κ3) is 2.83. The van der Waals surface area contributed by atoms with E-state index in [1.165, 1.54) is 12.5 Å². The summed E-state index contributed by atoms with van der Waals surface area (Å²) in [5, 5.41) is 0. The van der Waals surface area contributed by atoms with E-state index in [-0.39, 0.29) is 5.82 Å². The monoisotopic (exact) mass is 285 g/mol. The summed E-state index contributed by atoms with van der Waals surface area (Å²) in [6, 6.07) is 5.31. The van der Waals surface area contributed by atoms with E-state index in [4.69, 9.17) is 0 Å². The van der Waals surface area contributed by atoms with Crippen LogP contribution >= 0.6 is 15.9 Å². The van der Waals surface area contributed by atoms with Gasteiger partial charge in [-0.15, -0.1) is 0 Å². The van der Waals surface area contributed by atoms with Crippen LogP contribution in [0.5, 0.6) is 0 Å². The van der Waals surface area contributed by atoms with Crippen molar-refractivity contribution in [3.05, 3.63) is 34.1 Å². The van der Waals surface area contributed by atoms with Crippen LogP contribution in [0.25, 0.3) is 0 Å². The lowest BCUT2D eigenvalue weighted by Gasteiger charge is -2.19. The van der Waals surface area contributed by atoms with Crippen molar-refractivity contribution in [3.63, 3.8) is 0 Å². The second kappa shape index (κ2) is 4.46. The molecule has 0 radical (unpaired) electrons. The molecule has 2 rings (SSSR count). The molecule has 0 spiro atoms. The number of halogens is 2. The smallest absolute Gasteiger partial charge is 0.128 e. The lowest BCUT2D eigenvalue weighted by atomic mass is 9.93. The highest BCUT2D eigenvalue weighted by atomic mass is 79.9. The van der Waals surface area contributed by atoms with Gasteiger partial charge in [-0.2, -0.15) is 0 Å². The topological polar surface area (TPSA) is 3.24 Å². The van der Waals surface area contributed by atoms with Crippen LogP contribution < -0.4 is 0 Å². The fraction of sp³-hybridized carbons (Fsp3) is 0.538. The Balaban J connectivity index is 2.05. The molecular formula is C13H17BrFN. The highest BCUT2D eigenvalue weighted by Gasteiger charge is 2.29. The van der Waals surface area contributed by atoms with Crippen molar-refractivity contribution in [3.8, 4) is 0 Å². The molecule has 1 fully saturated rings. The molecule has 0 unspecified atom stereocenters. The van der Waals surface area contributed by atoms with Crippen molar-refractivity contribution in [2.24, 2.45) is 5.41 Å². The molecule has 0 N–H and O–H groups in total. The van der Waals surface area contributed by atoms with E-state index in [1.54, 1.807) is 0 Å². The van der Waals surface area contributed by atoms with E-state index in [0.29, 0.717) is 5.41 Å². The highest BCUT2D eigenvalue weighted by molar-refractivity contribution is 9.10. The maximum absolute atomic E-state index is 13.6. The van der Waals surface area contributed by atoms with Crippen molar-refractivity contribution < 1.29 is 4.39 Å². The van der Waals surface area contributed by atoms with E-state index < -0.39 is 0 Å². The molecule has 3 heteroatoms. The Hall–Kier alpha value is -0.410. The van der Waals surface area contributed by atoms with Gasteiger partial charge in [-0.05, 0) is 30.5 Å². The number of likely N-dealkylation sites (tertiary alicyclic amines) is 1. The fourth-order valence-corrected chi connectivity index (χ4v) is 2.58. The average Bonchev–Trinajstić information content (AvgIpc) is 2.51. The van der Waals surface area contributed by atoms with Gasteiger partial charge in [0.05, 0.1) is 0 Å². The molecule has 1 aromatic carbocycles. The molecule has 0 aromatic heterocycles. The summed E-state index contributed by atoms with van der Waals surface area (Å²) in [4.78, 5) is 2.33. The number of hydrogen-bond donors (Lipinski definition) is 0. The molecule has 88 valence electrons. The summed E-state index contributed by atoms with van der Waals surface area (Å²) in [7, 11) is 0. The number of nitrogens with zero attached hydrogens (tertiary/aromatic N) is 1. The first-order chi connectivity index (χ1) is 7.46. The predicted octanol–water partition coefficient (Wildman–Crippen LogP) is 3.82. The zero-order chi connectivity index (χ0) is 11.8. The zero-order valence-electron chi connectivity index (χ0n) is 9.76. The molecule has 1 heterocycles. The largest absolute Gasteiger partial charge is 0.298 e. The number of benzene rings is 1. The lowest BCUT2D eigenvalue weighted by Crippen LogP contribution is -2.23. The van der Waals surface area contributed by atoms with E-state index in [2.05, 4.69) is 34.7 Å². The van der Waals surface area contributed by atoms with Gasteiger partial charge in [0.25, 0.3) is 0 Å². The van der Waals surface area contributed by atoms with Crippen molar-refractivity contribution >= 4 is 15.9 Å². The number of hydrogen-bond acceptors (Lipinski definition) is 1. The van der Waals surface area contributed by atoms with Gasteiger partial charge in [-0.25, -0.2) is 4.39 Å². The molecule has 0 aliphatic carbocycles. The van der Waals surface area contributed by atoms with Gasteiger partial charge in [0.15, 0.2) is 0 Å². The van der Waals surface area contributed by atoms with Gasteiger partial charge >= 0.3 is 0 Å². The van der Waals surface area contributed by atoms with Gasteiger partial charge in [-0.1, -0.05) is 35.8 Å². The third-order valence-electron chi connectivity index (χ3n) is 3.17. The van der Waals surface area contributed by atoms with Crippen LogP contribution in [-0.2, 0) is 6.54 Å². The minimum Gasteiger partial charge on any atom is -0.298 e. The van der Waals surface area contributed by atoms with Gasteiger partial charge in [0, 0.05) is 23.1 Å². The highest BCUT2D eigenvalue weighted by Crippen LogP contribution is 2.30. The molecule has 0 amide bonds. The summed E-state index contributed by atoms with van der Waals surface area (Å²) in [6.07, 6.45) is 1.20. The Kier molecular flexibility index (Phi) is 3.36. The Morgan fingerprint density at radius 2 is 2.19 bits per heavy atom.